The smallest absolute Gasteiger partial charge is 0.0547 e. The van der Waals surface area contributed by atoms with Gasteiger partial charge in [-0.25, -0.2) is 0 Å². The maximum Gasteiger partial charge on any atom is 0.0547 e. The molecule has 3 heterocycles. The first-order chi connectivity index (χ1) is 29.5. The number of rotatable bonds is 6. The van der Waals surface area contributed by atoms with Crippen LogP contribution in [-0.4, -0.2) is 9.13 Å². The molecule has 12 aromatic rings. The van der Waals surface area contributed by atoms with E-state index in [0.29, 0.717) is 0 Å². The van der Waals surface area contributed by atoms with Crippen molar-refractivity contribution in [3.63, 3.8) is 0 Å². The molecule has 0 N–H and O–H groups in total. The van der Waals surface area contributed by atoms with Crippen LogP contribution in [0, 0.1) is 13.8 Å². The minimum absolute atomic E-state index is 0.871. The second-order valence-electron chi connectivity index (χ2n) is 16.3. The molecule has 60 heavy (non-hydrogen) atoms. The molecule has 0 aliphatic heterocycles. The van der Waals surface area contributed by atoms with Gasteiger partial charge in [0, 0.05) is 53.1 Å². The van der Waals surface area contributed by atoms with Crippen LogP contribution in [0.2, 0.25) is 0 Å². The molecule has 0 aliphatic carbocycles. The Morgan fingerprint density at radius 2 is 0.933 bits per heavy atom. The van der Waals surface area contributed by atoms with Crippen LogP contribution in [0.15, 0.2) is 194 Å². The van der Waals surface area contributed by atoms with Crippen molar-refractivity contribution < 1.29 is 0 Å². The third-order valence-corrected chi connectivity index (χ3v) is 13.7. The average Bonchev–Trinajstić information content (AvgIpc) is 3.93. The Bertz CT molecular complexity index is 3650. The molecule has 0 aliphatic rings. The molecule has 3 aromatic heterocycles. The maximum atomic E-state index is 2.44. The number of para-hydroxylation sites is 3. The third kappa shape index (κ3) is 5.61. The number of hydrogen-bond acceptors (Lipinski definition) is 1. The number of aryl methyl sites for hydroxylation is 2. The van der Waals surface area contributed by atoms with Gasteiger partial charge in [-0.1, -0.05) is 133 Å². The fourth-order valence-electron chi connectivity index (χ4n) is 9.58. The second-order valence-corrected chi connectivity index (χ2v) is 17.4. The molecule has 12 rings (SSSR count). The zero-order valence-electron chi connectivity index (χ0n) is 33.5. The van der Waals surface area contributed by atoms with Crippen molar-refractivity contribution >= 4 is 75.1 Å². The standard InChI is InChI=1S/C57H40N2S/c1-36-18-28-56-49(30-36)50-33-41(23-29-57(50)60-56)40-12-9-11-39(32-40)31-38-19-24-44(25-20-38)58-52-16-7-4-13-45(52)47-26-21-42(34-54(47)58)43-22-27-48-46-14-5-8-17-53(46)59(55(48)35-43)51-15-6-3-10-37(51)2/h3-30,32-35H,31H2,1-2H3. The molecule has 0 atom stereocenters. The number of fused-ring (bicyclic) bond motifs is 9. The average molecular weight is 785 g/mol. The summed E-state index contributed by atoms with van der Waals surface area (Å²) in [6.07, 6.45) is 0.871. The van der Waals surface area contributed by atoms with Crippen LogP contribution in [0.5, 0.6) is 0 Å². The summed E-state index contributed by atoms with van der Waals surface area (Å²) in [5, 5.41) is 7.76. The highest BCUT2D eigenvalue weighted by atomic mass is 32.1. The second kappa shape index (κ2) is 13.7. The van der Waals surface area contributed by atoms with Crippen LogP contribution < -0.4 is 0 Å². The lowest BCUT2D eigenvalue weighted by molar-refractivity contribution is 1.15. The third-order valence-electron chi connectivity index (χ3n) is 12.5. The summed E-state index contributed by atoms with van der Waals surface area (Å²) in [6.45, 7) is 4.38. The number of benzene rings is 9. The van der Waals surface area contributed by atoms with Gasteiger partial charge in [0.15, 0.2) is 0 Å². The first-order valence-corrected chi connectivity index (χ1v) is 21.6. The molecule has 0 saturated heterocycles. The molecule has 3 heteroatoms. The van der Waals surface area contributed by atoms with E-state index >= 15 is 0 Å². The monoisotopic (exact) mass is 784 g/mol. The van der Waals surface area contributed by atoms with Gasteiger partial charge in [-0.2, -0.15) is 0 Å². The minimum atomic E-state index is 0.871. The summed E-state index contributed by atoms with van der Waals surface area (Å²) < 4.78 is 7.56. The molecule has 0 amide bonds. The normalized spacial score (nSPS) is 11.9. The molecule has 0 radical (unpaired) electrons. The highest BCUT2D eigenvalue weighted by molar-refractivity contribution is 7.25. The molecule has 2 nitrogen and oxygen atoms in total. The molecule has 0 bridgehead atoms. The van der Waals surface area contributed by atoms with E-state index in [1.165, 1.54) is 114 Å². The summed E-state index contributed by atoms with van der Waals surface area (Å²) in [5.41, 5.74) is 17.3. The predicted molar refractivity (Wildman–Crippen MR) is 258 cm³/mol. The SMILES string of the molecule is Cc1ccc2sc3ccc(-c4cccc(Cc5ccc(-n6c7ccccc7c7ccc(-c8ccc9c%10ccccc%10n(-c%10ccccc%10C)c9c8)cc76)cc5)c4)cc3c2c1. The van der Waals surface area contributed by atoms with Crippen molar-refractivity contribution in [3.8, 4) is 33.6 Å². The summed E-state index contributed by atoms with van der Waals surface area (Å²) >= 11 is 1.88. The largest absolute Gasteiger partial charge is 0.309 e. The van der Waals surface area contributed by atoms with Gasteiger partial charge in [0.2, 0.25) is 0 Å². The summed E-state index contributed by atoms with van der Waals surface area (Å²) in [5.74, 6) is 0. The van der Waals surface area contributed by atoms with Crippen molar-refractivity contribution in [1.82, 2.24) is 9.13 Å². The molecule has 0 spiro atoms. The van der Waals surface area contributed by atoms with E-state index in [1.807, 2.05) is 11.3 Å². The van der Waals surface area contributed by atoms with Gasteiger partial charge in [-0.05, 0) is 126 Å². The lowest BCUT2D eigenvalue weighted by atomic mass is 9.98. The molecule has 0 fully saturated rings. The Hall–Kier alpha value is -7.20. The number of thiophene rings is 1. The first-order valence-electron chi connectivity index (χ1n) is 20.8. The van der Waals surface area contributed by atoms with Gasteiger partial charge < -0.3 is 9.13 Å². The lowest BCUT2D eigenvalue weighted by Crippen LogP contribution is -1.97. The van der Waals surface area contributed by atoms with Crippen molar-refractivity contribution in [1.29, 1.82) is 0 Å². The Kier molecular flexibility index (Phi) is 7.94. The van der Waals surface area contributed by atoms with E-state index in [1.54, 1.807) is 0 Å². The van der Waals surface area contributed by atoms with Gasteiger partial charge in [-0.15, -0.1) is 11.3 Å². The van der Waals surface area contributed by atoms with Gasteiger partial charge in [0.25, 0.3) is 0 Å². The molecule has 284 valence electrons. The summed E-state index contributed by atoms with van der Waals surface area (Å²) in [6, 6.07) is 72.2. The van der Waals surface area contributed by atoms with E-state index in [0.717, 1.165) is 12.1 Å². The van der Waals surface area contributed by atoms with E-state index < -0.39 is 0 Å². The van der Waals surface area contributed by atoms with Crippen LogP contribution in [0.3, 0.4) is 0 Å². The highest BCUT2D eigenvalue weighted by Gasteiger charge is 2.17. The van der Waals surface area contributed by atoms with Crippen LogP contribution in [0.25, 0.3) is 97.4 Å². The Morgan fingerprint density at radius 3 is 1.67 bits per heavy atom. The predicted octanol–water partition coefficient (Wildman–Crippen LogP) is 15.8. The van der Waals surface area contributed by atoms with Crippen LogP contribution in [-0.2, 0) is 6.42 Å². The summed E-state index contributed by atoms with van der Waals surface area (Å²) in [4.78, 5) is 0. The van der Waals surface area contributed by atoms with Crippen LogP contribution in [0.1, 0.15) is 22.3 Å². The van der Waals surface area contributed by atoms with E-state index in [2.05, 4.69) is 217 Å². The van der Waals surface area contributed by atoms with E-state index in [9.17, 15) is 0 Å². The van der Waals surface area contributed by atoms with Crippen LogP contribution in [0.4, 0.5) is 0 Å². The molecular weight excluding hydrogens is 745 g/mol. The van der Waals surface area contributed by atoms with Crippen molar-refractivity contribution in [2.75, 3.05) is 0 Å². The number of hydrogen-bond donors (Lipinski definition) is 0. The Balaban J connectivity index is 0.906. The van der Waals surface area contributed by atoms with Crippen molar-refractivity contribution in [3.05, 3.63) is 216 Å². The van der Waals surface area contributed by atoms with Crippen molar-refractivity contribution in [2.45, 2.75) is 20.3 Å². The van der Waals surface area contributed by atoms with Crippen LogP contribution >= 0.6 is 11.3 Å². The van der Waals surface area contributed by atoms with Gasteiger partial charge in [0.1, 0.15) is 0 Å². The first kappa shape index (κ1) is 34.8. The molecule has 0 unspecified atom stereocenters. The zero-order valence-corrected chi connectivity index (χ0v) is 34.3. The fourth-order valence-corrected chi connectivity index (χ4v) is 10.6. The number of nitrogens with zero attached hydrogens (tertiary/aromatic N) is 2. The number of aromatic nitrogens is 2. The highest BCUT2D eigenvalue weighted by Crippen LogP contribution is 2.40. The molecular formula is C57H40N2S. The maximum absolute atomic E-state index is 2.44. The molecule has 0 saturated carbocycles. The van der Waals surface area contributed by atoms with E-state index in [-0.39, 0.29) is 0 Å². The fraction of sp³-hybridized carbons (Fsp3) is 0.0526. The Labute approximate surface area is 352 Å². The van der Waals surface area contributed by atoms with Gasteiger partial charge >= 0.3 is 0 Å². The van der Waals surface area contributed by atoms with Crippen molar-refractivity contribution in [2.24, 2.45) is 0 Å². The van der Waals surface area contributed by atoms with Gasteiger partial charge in [-0.3, -0.25) is 0 Å². The zero-order chi connectivity index (χ0) is 39.9. The van der Waals surface area contributed by atoms with E-state index in [4.69, 9.17) is 0 Å². The molecule has 9 aromatic carbocycles. The minimum Gasteiger partial charge on any atom is -0.309 e. The lowest BCUT2D eigenvalue weighted by Gasteiger charge is -2.12. The van der Waals surface area contributed by atoms with Gasteiger partial charge in [0.05, 0.1) is 22.1 Å². The summed E-state index contributed by atoms with van der Waals surface area (Å²) in [7, 11) is 0. The Morgan fingerprint density at radius 1 is 0.367 bits per heavy atom. The quantitative estimate of drug-likeness (QED) is 0.159. The topological polar surface area (TPSA) is 9.86 Å².